The van der Waals surface area contributed by atoms with Gasteiger partial charge in [0.25, 0.3) is 10.2 Å². The van der Waals surface area contributed by atoms with Crippen LogP contribution in [-0.2, 0) is 19.7 Å². The molecule has 2 unspecified atom stereocenters. The predicted molar refractivity (Wildman–Crippen MR) is 111 cm³/mol. The van der Waals surface area contributed by atoms with Crippen LogP contribution in [0.1, 0.15) is 19.4 Å². The number of carbonyl (C=O) groups is 1. The van der Waals surface area contributed by atoms with Gasteiger partial charge < -0.3 is 14.4 Å². The van der Waals surface area contributed by atoms with Gasteiger partial charge in [0.2, 0.25) is 5.91 Å². The van der Waals surface area contributed by atoms with Crippen LogP contribution in [0.25, 0.3) is 6.08 Å². The van der Waals surface area contributed by atoms with Crippen molar-refractivity contribution in [2.45, 2.75) is 26.1 Å². The molecule has 0 spiro atoms. The number of piperazine rings is 1. The molecule has 2 saturated heterocycles. The zero-order chi connectivity index (χ0) is 21.0. The minimum Gasteiger partial charge on any atom is -0.497 e. The Kier molecular flexibility index (Phi) is 6.94. The fourth-order valence-electron chi connectivity index (χ4n) is 3.61. The lowest BCUT2D eigenvalue weighted by Gasteiger charge is -2.40. The van der Waals surface area contributed by atoms with E-state index in [-0.39, 0.29) is 18.1 Å². The first-order valence-electron chi connectivity index (χ1n) is 9.81. The van der Waals surface area contributed by atoms with Crippen LogP contribution in [0, 0.1) is 0 Å². The average Bonchev–Trinajstić information content (AvgIpc) is 2.71. The zero-order valence-corrected chi connectivity index (χ0v) is 18.0. The van der Waals surface area contributed by atoms with Gasteiger partial charge in [-0.3, -0.25) is 4.79 Å². The van der Waals surface area contributed by atoms with Gasteiger partial charge in [0.1, 0.15) is 5.75 Å². The average molecular weight is 424 g/mol. The van der Waals surface area contributed by atoms with Crippen molar-refractivity contribution in [1.29, 1.82) is 0 Å². The van der Waals surface area contributed by atoms with E-state index in [4.69, 9.17) is 9.47 Å². The summed E-state index contributed by atoms with van der Waals surface area (Å²) in [5.41, 5.74) is 0.899. The highest BCUT2D eigenvalue weighted by molar-refractivity contribution is 7.86. The fraction of sp³-hybridized carbons (Fsp3) is 0.550. The normalized spacial score (nSPS) is 24.7. The van der Waals surface area contributed by atoms with E-state index in [0.29, 0.717) is 39.3 Å². The Labute approximate surface area is 172 Å². The molecule has 0 aromatic heterocycles. The number of nitrogens with zero attached hydrogens (tertiary/aromatic N) is 3. The third kappa shape index (κ3) is 5.36. The highest BCUT2D eigenvalue weighted by Crippen LogP contribution is 2.19. The minimum atomic E-state index is -3.54. The molecule has 0 radical (unpaired) electrons. The molecule has 2 aliphatic rings. The third-order valence-corrected chi connectivity index (χ3v) is 7.09. The van der Waals surface area contributed by atoms with Gasteiger partial charge in [0.05, 0.1) is 19.3 Å². The lowest BCUT2D eigenvalue weighted by molar-refractivity contribution is -0.127. The van der Waals surface area contributed by atoms with Crippen molar-refractivity contribution in [3.05, 3.63) is 35.9 Å². The van der Waals surface area contributed by atoms with Gasteiger partial charge in [-0.2, -0.15) is 17.0 Å². The van der Waals surface area contributed by atoms with Crippen LogP contribution in [-0.4, -0.2) is 86.4 Å². The Hall–Kier alpha value is -1.94. The van der Waals surface area contributed by atoms with E-state index in [2.05, 4.69) is 0 Å². The topological polar surface area (TPSA) is 79.4 Å². The Balaban J connectivity index is 1.55. The molecular weight excluding hydrogens is 394 g/mol. The van der Waals surface area contributed by atoms with Gasteiger partial charge in [0.15, 0.2) is 0 Å². The van der Waals surface area contributed by atoms with Crippen LogP contribution in [0.4, 0.5) is 0 Å². The SMILES string of the molecule is COc1ccc(C=CC(=O)N2CCN(S(=O)(=O)N3CC(C)OC(C)C3)CC2)cc1. The van der Waals surface area contributed by atoms with Crippen LogP contribution in [0.2, 0.25) is 0 Å². The van der Waals surface area contributed by atoms with Crippen molar-refractivity contribution < 1.29 is 22.7 Å². The standard InChI is InChI=1S/C20H29N3O5S/c1-16-14-23(15-17(2)28-16)29(25,26)22-12-10-21(11-13-22)20(24)9-6-18-4-7-19(27-3)8-5-18/h4-9,16-17H,10-15H2,1-3H3. The first-order valence-corrected chi connectivity index (χ1v) is 11.2. The number of rotatable bonds is 5. The summed E-state index contributed by atoms with van der Waals surface area (Å²) in [7, 11) is -1.94. The Morgan fingerprint density at radius 1 is 1.03 bits per heavy atom. The van der Waals surface area contributed by atoms with Crippen LogP contribution in [0.3, 0.4) is 0 Å². The summed E-state index contributed by atoms with van der Waals surface area (Å²) in [6.07, 6.45) is 3.03. The number of hydrogen-bond donors (Lipinski definition) is 0. The Morgan fingerprint density at radius 3 is 2.17 bits per heavy atom. The van der Waals surface area contributed by atoms with Gasteiger partial charge >= 0.3 is 0 Å². The molecule has 2 heterocycles. The smallest absolute Gasteiger partial charge is 0.282 e. The molecule has 2 fully saturated rings. The van der Waals surface area contributed by atoms with E-state index in [1.54, 1.807) is 18.1 Å². The minimum absolute atomic E-state index is 0.119. The molecule has 0 N–H and O–H groups in total. The fourth-order valence-corrected chi connectivity index (χ4v) is 5.36. The van der Waals surface area contributed by atoms with Crippen molar-refractivity contribution in [2.24, 2.45) is 0 Å². The predicted octanol–water partition coefficient (Wildman–Crippen LogP) is 1.21. The van der Waals surface area contributed by atoms with E-state index in [0.717, 1.165) is 11.3 Å². The number of ether oxygens (including phenoxy) is 2. The second kappa shape index (κ2) is 9.25. The zero-order valence-electron chi connectivity index (χ0n) is 17.2. The summed E-state index contributed by atoms with van der Waals surface area (Å²) in [5.74, 6) is 0.640. The summed E-state index contributed by atoms with van der Waals surface area (Å²) in [4.78, 5) is 14.1. The molecule has 3 rings (SSSR count). The first-order chi connectivity index (χ1) is 13.8. The molecule has 1 aromatic rings. The number of hydrogen-bond acceptors (Lipinski definition) is 5. The number of methoxy groups -OCH3 is 1. The molecule has 0 saturated carbocycles. The monoisotopic (exact) mass is 423 g/mol. The maximum atomic E-state index is 12.9. The van der Waals surface area contributed by atoms with Gasteiger partial charge in [0, 0.05) is 45.3 Å². The van der Waals surface area contributed by atoms with Crippen LogP contribution in [0.15, 0.2) is 30.3 Å². The summed E-state index contributed by atoms with van der Waals surface area (Å²) in [6, 6.07) is 7.41. The molecule has 0 aliphatic carbocycles. The summed E-state index contributed by atoms with van der Waals surface area (Å²) in [6.45, 7) is 5.82. The Morgan fingerprint density at radius 2 is 1.62 bits per heavy atom. The molecule has 2 atom stereocenters. The van der Waals surface area contributed by atoms with Gasteiger partial charge in [-0.1, -0.05) is 12.1 Å². The number of morpholine rings is 1. The van der Waals surface area contributed by atoms with Crippen LogP contribution < -0.4 is 4.74 Å². The second-order valence-electron chi connectivity index (χ2n) is 7.41. The molecular formula is C20H29N3O5S. The molecule has 2 aliphatic heterocycles. The van der Waals surface area contributed by atoms with E-state index in [1.165, 1.54) is 14.7 Å². The van der Waals surface area contributed by atoms with Crippen molar-refractivity contribution in [1.82, 2.24) is 13.5 Å². The highest BCUT2D eigenvalue weighted by atomic mass is 32.2. The largest absolute Gasteiger partial charge is 0.497 e. The van der Waals surface area contributed by atoms with Gasteiger partial charge in [-0.15, -0.1) is 0 Å². The van der Waals surface area contributed by atoms with Crippen molar-refractivity contribution in [3.8, 4) is 5.75 Å². The number of amides is 1. The lowest BCUT2D eigenvalue weighted by Crippen LogP contribution is -2.57. The Bertz CT molecular complexity index is 822. The van der Waals surface area contributed by atoms with Crippen LogP contribution >= 0.6 is 0 Å². The molecule has 160 valence electrons. The number of benzene rings is 1. The van der Waals surface area contributed by atoms with Gasteiger partial charge in [-0.05, 0) is 37.6 Å². The van der Waals surface area contributed by atoms with E-state index in [1.807, 2.05) is 38.1 Å². The second-order valence-corrected chi connectivity index (χ2v) is 9.34. The maximum Gasteiger partial charge on any atom is 0.282 e. The molecule has 1 aromatic carbocycles. The molecule has 1 amide bonds. The highest BCUT2D eigenvalue weighted by Gasteiger charge is 2.37. The summed E-state index contributed by atoms with van der Waals surface area (Å²) in [5, 5.41) is 0. The summed E-state index contributed by atoms with van der Waals surface area (Å²) >= 11 is 0. The quantitative estimate of drug-likeness (QED) is 0.665. The first kappa shape index (κ1) is 21.8. The maximum absolute atomic E-state index is 12.9. The molecule has 8 nitrogen and oxygen atoms in total. The lowest BCUT2D eigenvalue weighted by atomic mass is 10.2. The summed E-state index contributed by atoms with van der Waals surface area (Å²) < 4.78 is 39.6. The van der Waals surface area contributed by atoms with E-state index < -0.39 is 10.2 Å². The van der Waals surface area contributed by atoms with Crippen LogP contribution in [0.5, 0.6) is 5.75 Å². The van der Waals surface area contributed by atoms with E-state index in [9.17, 15) is 13.2 Å². The molecule has 9 heteroatoms. The van der Waals surface area contributed by atoms with E-state index >= 15 is 0 Å². The number of carbonyl (C=O) groups excluding carboxylic acids is 1. The molecule has 0 bridgehead atoms. The van der Waals surface area contributed by atoms with Crippen molar-refractivity contribution >= 4 is 22.2 Å². The van der Waals surface area contributed by atoms with Gasteiger partial charge in [-0.25, -0.2) is 0 Å². The van der Waals surface area contributed by atoms with Crippen molar-refractivity contribution in [3.63, 3.8) is 0 Å². The molecule has 29 heavy (non-hydrogen) atoms. The van der Waals surface area contributed by atoms with Crippen molar-refractivity contribution in [2.75, 3.05) is 46.4 Å². The third-order valence-electron chi connectivity index (χ3n) is 5.12.